The molecule has 2 aromatic heterocycles. The Morgan fingerprint density at radius 3 is 1.49 bits per heavy atom. The first kappa shape index (κ1) is 34.7. The smallest absolute Gasteiger partial charge is 0.160 e. The van der Waals surface area contributed by atoms with Crippen LogP contribution in [0.3, 0.4) is 0 Å². The van der Waals surface area contributed by atoms with Gasteiger partial charge in [-0.15, -0.1) is 0 Å². The summed E-state index contributed by atoms with van der Waals surface area (Å²) in [7, 11) is 0. The van der Waals surface area contributed by atoms with Crippen LogP contribution in [0, 0.1) is 0 Å². The summed E-state index contributed by atoms with van der Waals surface area (Å²) in [6.07, 6.45) is 0. The molecule has 10 aromatic rings. The number of nitrogens with zero attached hydrogens (tertiary/aromatic N) is 3. The molecule has 0 unspecified atom stereocenters. The van der Waals surface area contributed by atoms with E-state index in [1.54, 1.807) is 0 Å². The third kappa shape index (κ3) is 5.94. The monoisotopic (exact) mass is 753 g/mol. The average molecular weight is 754 g/mol. The van der Waals surface area contributed by atoms with E-state index < -0.39 is 0 Å². The van der Waals surface area contributed by atoms with E-state index in [4.69, 9.17) is 15.0 Å². The van der Waals surface area contributed by atoms with Gasteiger partial charge in [0.25, 0.3) is 0 Å². The van der Waals surface area contributed by atoms with Crippen molar-refractivity contribution in [3.05, 3.63) is 211 Å². The predicted octanol–water partition coefficient (Wildman–Crippen LogP) is 14.5. The number of pyridine rings is 1. The minimum atomic E-state index is -0.120. The van der Waals surface area contributed by atoms with E-state index >= 15 is 0 Å². The third-order valence-corrected chi connectivity index (χ3v) is 12.1. The second-order valence-corrected chi connectivity index (χ2v) is 16.0. The van der Waals surface area contributed by atoms with Gasteiger partial charge in [0.2, 0.25) is 0 Å². The second kappa shape index (κ2) is 13.9. The molecule has 0 aliphatic heterocycles. The molecule has 3 nitrogen and oxygen atoms in total. The van der Waals surface area contributed by atoms with Crippen molar-refractivity contribution < 1.29 is 0 Å². The highest BCUT2D eigenvalue weighted by Gasteiger charge is 2.36. The van der Waals surface area contributed by atoms with Crippen molar-refractivity contribution in [3.63, 3.8) is 0 Å². The van der Waals surface area contributed by atoms with Crippen LogP contribution in [0.5, 0.6) is 0 Å². The summed E-state index contributed by atoms with van der Waals surface area (Å²) in [5, 5.41) is 3.53. The highest BCUT2D eigenvalue weighted by Crippen LogP contribution is 2.51. The zero-order valence-electron chi connectivity index (χ0n) is 32.9. The van der Waals surface area contributed by atoms with Gasteiger partial charge in [-0.05, 0) is 85.6 Å². The molecular weight excluding hydrogens is 715 g/mol. The van der Waals surface area contributed by atoms with Gasteiger partial charge in [0.1, 0.15) is 0 Å². The van der Waals surface area contributed by atoms with E-state index in [1.165, 1.54) is 44.2 Å². The number of hydrogen-bond acceptors (Lipinski definition) is 3. The van der Waals surface area contributed by atoms with Crippen molar-refractivity contribution in [2.24, 2.45) is 0 Å². The van der Waals surface area contributed by atoms with Gasteiger partial charge in [-0.25, -0.2) is 15.0 Å². The Kier molecular flexibility index (Phi) is 8.16. The Morgan fingerprint density at radius 2 is 0.831 bits per heavy atom. The van der Waals surface area contributed by atoms with Crippen LogP contribution in [-0.4, -0.2) is 15.0 Å². The quantitative estimate of drug-likeness (QED) is 0.170. The molecule has 0 saturated carbocycles. The number of aromatic nitrogens is 3. The van der Waals surface area contributed by atoms with Crippen LogP contribution >= 0.6 is 0 Å². The summed E-state index contributed by atoms with van der Waals surface area (Å²) in [6.45, 7) is 4.67. The first-order valence-corrected chi connectivity index (χ1v) is 20.3. The van der Waals surface area contributed by atoms with Crippen LogP contribution < -0.4 is 0 Å². The minimum absolute atomic E-state index is 0.120. The predicted molar refractivity (Wildman–Crippen MR) is 245 cm³/mol. The third-order valence-electron chi connectivity index (χ3n) is 12.1. The molecule has 59 heavy (non-hydrogen) atoms. The maximum Gasteiger partial charge on any atom is 0.160 e. The zero-order valence-corrected chi connectivity index (χ0v) is 32.9. The van der Waals surface area contributed by atoms with Crippen molar-refractivity contribution >= 4 is 21.7 Å². The summed E-state index contributed by atoms with van der Waals surface area (Å²) >= 11 is 0. The zero-order chi connectivity index (χ0) is 39.5. The molecule has 1 aliphatic rings. The van der Waals surface area contributed by atoms with Crippen molar-refractivity contribution in [2.45, 2.75) is 19.3 Å². The summed E-state index contributed by atoms with van der Waals surface area (Å²) in [5.74, 6) is 0.696. The van der Waals surface area contributed by atoms with E-state index in [1.807, 2.05) is 12.1 Å². The van der Waals surface area contributed by atoms with Crippen molar-refractivity contribution in [3.8, 4) is 78.5 Å². The molecule has 3 heteroatoms. The van der Waals surface area contributed by atoms with E-state index in [2.05, 4.69) is 202 Å². The maximum atomic E-state index is 5.36. The van der Waals surface area contributed by atoms with Crippen LogP contribution in [0.15, 0.2) is 200 Å². The number of hydrogen-bond donors (Lipinski definition) is 0. The Balaban J connectivity index is 1.09. The molecule has 11 rings (SSSR count). The molecule has 2 heterocycles. The van der Waals surface area contributed by atoms with Crippen LogP contribution in [0.1, 0.15) is 25.0 Å². The summed E-state index contributed by atoms with van der Waals surface area (Å²) in [5.41, 5.74) is 17.7. The molecule has 0 atom stereocenters. The first-order valence-electron chi connectivity index (χ1n) is 20.3. The molecule has 0 radical (unpaired) electrons. The van der Waals surface area contributed by atoms with Gasteiger partial charge >= 0.3 is 0 Å². The topological polar surface area (TPSA) is 38.7 Å². The van der Waals surface area contributed by atoms with Crippen molar-refractivity contribution in [2.75, 3.05) is 0 Å². The van der Waals surface area contributed by atoms with Gasteiger partial charge < -0.3 is 0 Å². The number of benzene rings is 8. The van der Waals surface area contributed by atoms with Crippen LogP contribution in [-0.2, 0) is 5.41 Å². The molecule has 0 amide bonds. The number of rotatable bonds is 6. The Hall–Kier alpha value is -7.49. The van der Waals surface area contributed by atoms with Gasteiger partial charge in [0.15, 0.2) is 5.82 Å². The van der Waals surface area contributed by atoms with Crippen molar-refractivity contribution in [1.82, 2.24) is 15.0 Å². The lowest BCUT2D eigenvalue weighted by molar-refractivity contribution is 0.661. The standard InChI is InChI=1S/C56H39N3/c1-56(2)49-28-15-14-27-45(49)47-32-48-46(33-51(36-17-6-3-7-18-36)57-54(48)34-50(47)56)44-30-29-41(42-25-12-13-26-43(42)44)39-23-16-24-40(31-39)55-58-52(37-19-8-4-9-20-37)35-53(59-55)38-21-10-5-11-22-38/h3-35H,1-2H3. The SMILES string of the molecule is CC1(C)c2ccccc2-c2cc3c(-c4ccc(-c5cccc(-c6nc(-c7ccccc7)cc(-c7ccccc7)n6)c5)c5ccccc45)cc(-c4ccccc4)nc3cc21. The lowest BCUT2D eigenvalue weighted by atomic mass is 9.82. The fourth-order valence-corrected chi connectivity index (χ4v) is 9.10. The van der Waals surface area contributed by atoms with Gasteiger partial charge in [-0.2, -0.15) is 0 Å². The van der Waals surface area contributed by atoms with E-state index in [-0.39, 0.29) is 5.41 Å². The van der Waals surface area contributed by atoms with Gasteiger partial charge in [0, 0.05) is 33.1 Å². The maximum absolute atomic E-state index is 5.36. The minimum Gasteiger partial charge on any atom is -0.248 e. The molecule has 0 N–H and O–H groups in total. The summed E-state index contributed by atoms with van der Waals surface area (Å²) in [4.78, 5) is 15.6. The Morgan fingerprint density at radius 1 is 0.305 bits per heavy atom. The van der Waals surface area contributed by atoms with E-state index in [9.17, 15) is 0 Å². The fraction of sp³-hybridized carbons (Fsp3) is 0.0536. The molecule has 0 saturated heterocycles. The fourth-order valence-electron chi connectivity index (χ4n) is 9.10. The molecule has 1 aliphatic carbocycles. The molecule has 8 aromatic carbocycles. The second-order valence-electron chi connectivity index (χ2n) is 16.0. The summed E-state index contributed by atoms with van der Waals surface area (Å²) in [6, 6.07) is 71.3. The normalized spacial score (nSPS) is 12.7. The van der Waals surface area contributed by atoms with E-state index in [0.717, 1.165) is 61.4 Å². The van der Waals surface area contributed by atoms with Crippen LogP contribution in [0.4, 0.5) is 0 Å². The highest BCUT2D eigenvalue weighted by molar-refractivity contribution is 6.11. The van der Waals surface area contributed by atoms with Gasteiger partial charge in [-0.3, -0.25) is 0 Å². The lowest BCUT2D eigenvalue weighted by Crippen LogP contribution is -2.14. The van der Waals surface area contributed by atoms with Gasteiger partial charge in [-0.1, -0.05) is 184 Å². The number of fused-ring (bicyclic) bond motifs is 5. The van der Waals surface area contributed by atoms with Crippen molar-refractivity contribution in [1.29, 1.82) is 0 Å². The molecule has 0 spiro atoms. The molecule has 0 fully saturated rings. The lowest BCUT2D eigenvalue weighted by Gasteiger charge is -2.22. The average Bonchev–Trinajstić information content (AvgIpc) is 3.53. The highest BCUT2D eigenvalue weighted by atomic mass is 14.9. The largest absolute Gasteiger partial charge is 0.248 e. The summed E-state index contributed by atoms with van der Waals surface area (Å²) < 4.78 is 0. The van der Waals surface area contributed by atoms with E-state index in [0.29, 0.717) is 5.82 Å². The molecule has 0 bridgehead atoms. The van der Waals surface area contributed by atoms with Crippen LogP contribution in [0.2, 0.25) is 0 Å². The molecule has 278 valence electrons. The van der Waals surface area contributed by atoms with Crippen LogP contribution in [0.25, 0.3) is 100 Å². The van der Waals surface area contributed by atoms with Gasteiger partial charge in [0.05, 0.1) is 22.6 Å². The molecular formula is C56H39N3. The Bertz CT molecular complexity index is 3170. The first-order chi connectivity index (χ1) is 29.0. The Labute approximate surface area is 344 Å².